The lowest BCUT2D eigenvalue weighted by Crippen LogP contribution is -2.16. The number of nitrogens with one attached hydrogen (secondary N) is 1. The molecule has 0 aromatic carbocycles. The molecule has 0 spiro atoms. The quantitative estimate of drug-likeness (QED) is 0.932. The molecule has 2 fully saturated rings. The fourth-order valence-electron chi connectivity index (χ4n) is 4.07. The van der Waals surface area contributed by atoms with Gasteiger partial charge in [-0.15, -0.1) is 10.2 Å². The van der Waals surface area contributed by atoms with Crippen LogP contribution < -0.4 is 10.1 Å². The maximum absolute atomic E-state index is 5.87. The predicted octanol–water partition coefficient (Wildman–Crippen LogP) is 1.81. The van der Waals surface area contributed by atoms with E-state index in [2.05, 4.69) is 20.6 Å². The molecule has 1 aliphatic heterocycles. The van der Waals surface area contributed by atoms with Gasteiger partial charge in [0.25, 0.3) is 0 Å². The molecule has 122 valence electrons. The lowest BCUT2D eigenvalue weighted by atomic mass is 10.0. The Morgan fingerprint density at radius 3 is 2.61 bits per heavy atom. The Morgan fingerprint density at radius 1 is 1.22 bits per heavy atom. The first-order valence-corrected chi connectivity index (χ1v) is 8.37. The van der Waals surface area contributed by atoms with Crippen LogP contribution in [-0.4, -0.2) is 39.7 Å². The van der Waals surface area contributed by atoms with Crippen molar-refractivity contribution in [1.29, 1.82) is 0 Å². The Labute approximate surface area is 136 Å². The highest BCUT2D eigenvalue weighted by Crippen LogP contribution is 2.38. The van der Waals surface area contributed by atoms with Gasteiger partial charge in [-0.3, -0.25) is 4.68 Å². The lowest BCUT2D eigenvalue weighted by Gasteiger charge is -2.12. The minimum Gasteiger partial charge on any atom is -0.476 e. The van der Waals surface area contributed by atoms with Gasteiger partial charge in [-0.2, -0.15) is 5.10 Å². The van der Waals surface area contributed by atoms with Crippen LogP contribution in [0.3, 0.4) is 0 Å². The molecule has 2 aliphatic rings. The Balaban J connectivity index is 1.37. The Kier molecular flexibility index (Phi) is 3.77. The molecule has 1 unspecified atom stereocenters. The number of fused-ring (bicyclic) bond motifs is 1. The molecule has 6 heteroatoms. The zero-order valence-electron chi connectivity index (χ0n) is 13.7. The summed E-state index contributed by atoms with van der Waals surface area (Å²) in [5.74, 6) is 2.98. The van der Waals surface area contributed by atoms with E-state index in [1.54, 1.807) is 0 Å². The first-order valence-electron chi connectivity index (χ1n) is 8.37. The molecule has 3 heterocycles. The second-order valence-corrected chi connectivity index (χ2v) is 6.88. The van der Waals surface area contributed by atoms with Crippen LogP contribution in [0, 0.1) is 24.7 Å². The maximum atomic E-state index is 5.87. The molecule has 1 N–H and O–H groups in total. The van der Waals surface area contributed by atoms with Crippen LogP contribution in [0.1, 0.15) is 18.4 Å². The average molecular weight is 313 g/mol. The van der Waals surface area contributed by atoms with E-state index in [-0.39, 0.29) is 0 Å². The van der Waals surface area contributed by atoms with Crippen LogP contribution in [-0.2, 0) is 7.05 Å². The number of aromatic nitrogens is 4. The summed E-state index contributed by atoms with van der Waals surface area (Å²) in [5, 5.41) is 16.2. The zero-order valence-corrected chi connectivity index (χ0v) is 13.7. The van der Waals surface area contributed by atoms with Crippen molar-refractivity contribution >= 4 is 0 Å². The van der Waals surface area contributed by atoms with Crippen LogP contribution in [0.4, 0.5) is 0 Å². The second kappa shape index (κ2) is 5.92. The molecule has 23 heavy (non-hydrogen) atoms. The second-order valence-electron chi connectivity index (χ2n) is 6.88. The molecule has 0 bridgehead atoms. The van der Waals surface area contributed by atoms with Crippen LogP contribution in [0.25, 0.3) is 11.4 Å². The summed E-state index contributed by atoms with van der Waals surface area (Å²) in [7, 11) is 1.92. The molecule has 0 amide bonds. The van der Waals surface area contributed by atoms with Crippen molar-refractivity contribution < 1.29 is 4.74 Å². The third kappa shape index (κ3) is 2.83. The average Bonchev–Trinajstić information content (AvgIpc) is 3.21. The van der Waals surface area contributed by atoms with Gasteiger partial charge in [-0.25, -0.2) is 0 Å². The van der Waals surface area contributed by atoms with E-state index >= 15 is 0 Å². The molecule has 3 atom stereocenters. The van der Waals surface area contributed by atoms with Crippen LogP contribution in [0.15, 0.2) is 18.3 Å². The molecule has 2 aromatic heterocycles. The minimum atomic E-state index is 0.615. The van der Waals surface area contributed by atoms with Gasteiger partial charge in [0.15, 0.2) is 0 Å². The predicted molar refractivity (Wildman–Crippen MR) is 87.0 cm³/mol. The van der Waals surface area contributed by atoms with E-state index in [9.17, 15) is 0 Å². The largest absolute Gasteiger partial charge is 0.476 e. The van der Waals surface area contributed by atoms with Gasteiger partial charge in [-0.1, -0.05) is 0 Å². The Morgan fingerprint density at radius 2 is 2.00 bits per heavy atom. The van der Waals surface area contributed by atoms with Crippen molar-refractivity contribution in [2.75, 3.05) is 19.7 Å². The summed E-state index contributed by atoms with van der Waals surface area (Å²) in [6.07, 6.45) is 4.39. The van der Waals surface area contributed by atoms with Crippen molar-refractivity contribution in [3.63, 3.8) is 0 Å². The van der Waals surface area contributed by atoms with E-state index < -0.39 is 0 Å². The summed E-state index contributed by atoms with van der Waals surface area (Å²) in [5.41, 5.74) is 2.93. The van der Waals surface area contributed by atoms with Crippen LogP contribution in [0.5, 0.6) is 5.88 Å². The molecule has 1 saturated heterocycles. The van der Waals surface area contributed by atoms with Crippen LogP contribution in [0.2, 0.25) is 0 Å². The van der Waals surface area contributed by atoms with Gasteiger partial charge in [0.1, 0.15) is 5.69 Å². The van der Waals surface area contributed by atoms with E-state index in [0.29, 0.717) is 11.8 Å². The molecule has 4 rings (SSSR count). The van der Waals surface area contributed by atoms with Gasteiger partial charge in [0, 0.05) is 13.1 Å². The number of rotatable bonds is 4. The molecular weight excluding hydrogens is 290 g/mol. The molecule has 2 aromatic rings. The molecular formula is C17H23N5O. The minimum absolute atomic E-state index is 0.615. The first-order chi connectivity index (χ1) is 11.2. The van der Waals surface area contributed by atoms with E-state index in [1.807, 2.05) is 37.0 Å². The van der Waals surface area contributed by atoms with Crippen molar-refractivity contribution in [2.24, 2.45) is 24.8 Å². The SMILES string of the molecule is Cc1cnn(C)c1-c1ccc(OCC2C[C@H]3CNC[C@H]3C2)nn1. The number of ether oxygens (including phenoxy) is 1. The van der Waals surface area contributed by atoms with Crippen LogP contribution >= 0.6 is 0 Å². The number of nitrogens with zero attached hydrogens (tertiary/aromatic N) is 4. The summed E-state index contributed by atoms with van der Waals surface area (Å²) in [6.45, 7) is 5.14. The summed E-state index contributed by atoms with van der Waals surface area (Å²) >= 11 is 0. The fraction of sp³-hybridized carbons (Fsp3) is 0.588. The van der Waals surface area contributed by atoms with E-state index in [0.717, 1.165) is 35.4 Å². The first kappa shape index (κ1) is 14.6. The molecule has 1 aliphatic carbocycles. The van der Waals surface area contributed by atoms with Gasteiger partial charge < -0.3 is 10.1 Å². The zero-order chi connectivity index (χ0) is 15.8. The number of aryl methyl sites for hydroxylation is 2. The topological polar surface area (TPSA) is 64.9 Å². The molecule has 0 radical (unpaired) electrons. The third-order valence-electron chi connectivity index (χ3n) is 5.22. The highest BCUT2D eigenvalue weighted by Gasteiger charge is 2.37. The smallest absolute Gasteiger partial charge is 0.233 e. The summed E-state index contributed by atoms with van der Waals surface area (Å²) in [6, 6.07) is 3.87. The van der Waals surface area contributed by atoms with Crippen molar-refractivity contribution in [3.05, 3.63) is 23.9 Å². The third-order valence-corrected chi connectivity index (χ3v) is 5.22. The van der Waals surface area contributed by atoms with E-state index in [1.165, 1.54) is 25.9 Å². The van der Waals surface area contributed by atoms with Gasteiger partial charge >= 0.3 is 0 Å². The monoisotopic (exact) mass is 313 g/mol. The standard InChI is InChI=1S/C17H23N5O/c1-11-7-19-22(2)17(11)15-3-4-16(21-20-15)23-10-12-5-13-8-18-9-14(13)6-12/h3-4,7,12-14,18H,5-6,8-10H2,1-2H3/t12?,13-,14+. The molecule has 1 saturated carbocycles. The Hall–Kier alpha value is -1.95. The van der Waals surface area contributed by atoms with Gasteiger partial charge in [-0.05, 0) is 62.2 Å². The van der Waals surface area contributed by atoms with Crippen molar-refractivity contribution in [2.45, 2.75) is 19.8 Å². The fourth-order valence-corrected chi connectivity index (χ4v) is 4.07. The molecule has 6 nitrogen and oxygen atoms in total. The number of hydrogen-bond acceptors (Lipinski definition) is 5. The highest BCUT2D eigenvalue weighted by atomic mass is 16.5. The number of hydrogen-bond donors (Lipinski definition) is 1. The van der Waals surface area contributed by atoms with Crippen molar-refractivity contribution in [1.82, 2.24) is 25.3 Å². The highest BCUT2D eigenvalue weighted by molar-refractivity contribution is 5.58. The maximum Gasteiger partial charge on any atom is 0.233 e. The summed E-state index contributed by atoms with van der Waals surface area (Å²) in [4.78, 5) is 0. The van der Waals surface area contributed by atoms with Gasteiger partial charge in [0.05, 0.1) is 18.5 Å². The normalized spacial score (nSPS) is 26.4. The van der Waals surface area contributed by atoms with E-state index in [4.69, 9.17) is 4.74 Å². The van der Waals surface area contributed by atoms with Crippen molar-refractivity contribution in [3.8, 4) is 17.3 Å². The summed E-state index contributed by atoms with van der Waals surface area (Å²) < 4.78 is 7.70. The Bertz CT molecular complexity index is 649. The lowest BCUT2D eigenvalue weighted by molar-refractivity contribution is 0.234. The van der Waals surface area contributed by atoms with Gasteiger partial charge in [0.2, 0.25) is 5.88 Å².